The Morgan fingerprint density at radius 3 is 2.56 bits per heavy atom. The van der Waals surface area contributed by atoms with Crippen molar-refractivity contribution in [1.82, 2.24) is 4.98 Å². The average Bonchev–Trinajstić information content (AvgIpc) is 2.26. The van der Waals surface area contributed by atoms with Crippen LogP contribution in [0.1, 0.15) is 22.6 Å². The van der Waals surface area contributed by atoms with Crippen molar-refractivity contribution in [2.24, 2.45) is 0 Å². The van der Waals surface area contributed by atoms with Crippen molar-refractivity contribution in [2.75, 3.05) is 14.2 Å². The van der Waals surface area contributed by atoms with Crippen LogP contribution in [0.2, 0.25) is 0 Å². The van der Waals surface area contributed by atoms with E-state index in [-0.39, 0.29) is 11.4 Å². The Kier molecular flexibility index (Phi) is 4.39. The first-order valence-corrected chi connectivity index (χ1v) is 5.20. The predicted octanol–water partition coefficient (Wildman–Crippen LogP) is 2.42. The van der Waals surface area contributed by atoms with E-state index in [9.17, 15) is 13.6 Å². The van der Waals surface area contributed by atoms with E-state index < -0.39 is 18.1 Å². The van der Waals surface area contributed by atoms with E-state index in [4.69, 9.17) is 4.74 Å². The summed E-state index contributed by atoms with van der Waals surface area (Å²) in [5.74, 6) is -0.672. The Morgan fingerprint density at radius 2 is 2.12 bits per heavy atom. The number of hydrogen-bond donors (Lipinski definition) is 0. The van der Waals surface area contributed by atoms with Crippen molar-refractivity contribution in [3.63, 3.8) is 0 Å². The summed E-state index contributed by atoms with van der Waals surface area (Å²) in [6.07, 6.45) is -2.75. The molecule has 0 saturated heterocycles. The van der Waals surface area contributed by atoms with Gasteiger partial charge < -0.3 is 9.47 Å². The van der Waals surface area contributed by atoms with E-state index in [1.165, 1.54) is 7.11 Å². The lowest BCUT2D eigenvalue weighted by Gasteiger charge is -2.10. The zero-order valence-electron chi connectivity index (χ0n) is 8.46. The maximum Gasteiger partial charge on any atom is 0.360 e. The van der Waals surface area contributed by atoms with Crippen molar-refractivity contribution in [3.8, 4) is 5.75 Å². The molecule has 0 N–H and O–H groups in total. The van der Waals surface area contributed by atoms with E-state index in [0.29, 0.717) is 3.57 Å². The van der Waals surface area contributed by atoms with E-state index in [1.54, 1.807) is 22.6 Å². The minimum absolute atomic E-state index is 0.136. The van der Waals surface area contributed by atoms with Crippen LogP contribution in [-0.4, -0.2) is 25.2 Å². The SMILES string of the molecule is COC(=O)c1nc(C(F)F)cc(I)c1OC. The van der Waals surface area contributed by atoms with Crippen LogP contribution in [0.15, 0.2) is 6.07 Å². The van der Waals surface area contributed by atoms with Crippen molar-refractivity contribution in [3.05, 3.63) is 21.0 Å². The molecule has 0 unspecified atom stereocenters. The molecule has 1 heterocycles. The minimum Gasteiger partial charge on any atom is -0.493 e. The standard InChI is InChI=1S/C9H8F2INO3/c1-15-7-4(12)3-5(8(10)11)13-6(7)9(14)16-2/h3,8H,1-2H3. The highest BCUT2D eigenvalue weighted by Gasteiger charge is 2.22. The van der Waals surface area contributed by atoms with Gasteiger partial charge in [-0.2, -0.15) is 0 Å². The Hall–Kier alpha value is -0.990. The molecular weight excluding hydrogens is 335 g/mol. The van der Waals surface area contributed by atoms with Gasteiger partial charge in [0.1, 0.15) is 5.69 Å². The lowest BCUT2D eigenvalue weighted by atomic mass is 10.2. The number of halogens is 3. The molecule has 0 aromatic carbocycles. The fraction of sp³-hybridized carbons (Fsp3) is 0.333. The lowest BCUT2D eigenvalue weighted by molar-refractivity contribution is 0.0588. The van der Waals surface area contributed by atoms with Gasteiger partial charge in [0, 0.05) is 0 Å². The van der Waals surface area contributed by atoms with Crippen LogP contribution < -0.4 is 4.74 Å². The first-order chi connectivity index (χ1) is 7.51. The van der Waals surface area contributed by atoms with Crippen molar-refractivity contribution < 1.29 is 23.0 Å². The molecule has 1 rings (SSSR count). The molecule has 0 atom stereocenters. The van der Waals surface area contributed by atoms with Gasteiger partial charge in [0.2, 0.25) is 0 Å². The molecule has 1 aromatic rings. The first-order valence-electron chi connectivity index (χ1n) is 4.12. The number of ether oxygens (including phenoxy) is 2. The van der Waals surface area contributed by atoms with E-state index in [1.807, 2.05) is 0 Å². The number of alkyl halides is 2. The largest absolute Gasteiger partial charge is 0.493 e. The molecule has 0 saturated carbocycles. The topological polar surface area (TPSA) is 48.4 Å². The van der Waals surface area contributed by atoms with Crippen LogP contribution in [0, 0.1) is 3.57 Å². The number of pyridine rings is 1. The summed E-state index contributed by atoms with van der Waals surface area (Å²) >= 11 is 1.79. The summed E-state index contributed by atoms with van der Waals surface area (Å²) in [6, 6.07) is 1.16. The van der Waals surface area contributed by atoms with E-state index in [2.05, 4.69) is 9.72 Å². The number of carbonyl (C=O) groups is 1. The highest BCUT2D eigenvalue weighted by molar-refractivity contribution is 14.1. The molecule has 7 heteroatoms. The highest BCUT2D eigenvalue weighted by Crippen LogP contribution is 2.29. The molecule has 0 bridgehead atoms. The summed E-state index contributed by atoms with van der Waals surface area (Å²) in [7, 11) is 2.47. The molecule has 0 radical (unpaired) electrons. The van der Waals surface area contributed by atoms with Crippen molar-refractivity contribution >= 4 is 28.6 Å². The third-order valence-electron chi connectivity index (χ3n) is 1.75. The quantitative estimate of drug-likeness (QED) is 0.625. The number of hydrogen-bond acceptors (Lipinski definition) is 4. The second kappa shape index (κ2) is 5.37. The lowest BCUT2D eigenvalue weighted by Crippen LogP contribution is -2.10. The zero-order chi connectivity index (χ0) is 12.3. The Morgan fingerprint density at radius 1 is 1.50 bits per heavy atom. The van der Waals surface area contributed by atoms with Crippen LogP contribution in [0.4, 0.5) is 8.78 Å². The molecule has 0 amide bonds. The molecule has 16 heavy (non-hydrogen) atoms. The fourth-order valence-corrected chi connectivity index (χ4v) is 1.86. The highest BCUT2D eigenvalue weighted by atomic mass is 127. The molecule has 0 aliphatic heterocycles. The molecular formula is C9H8F2INO3. The van der Waals surface area contributed by atoms with Crippen LogP contribution in [0.5, 0.6) is 5.75 Å². The molecule has 0 fully saturated rings. The first kappa shape index (κ1) is 13.1. The third kappa shape index (κ3) is 2.57. The predicted molar refractivity (Wildman–Crippen MR) is 59.8 cm³/mol. The van der Waals surface area contributed by atoms with E-state index in [0.717, 1.165) is 13.2 Å². The molecule has 0 aliphatic carbocycles. The minimum atomic E-state index is -2.75. The number of carbonyl (C=O) groups excluding carboxylic acids is 1. The second-order valence-electron chi connectivity index (χ2n) is 2.70. The number of nitrogens with zero attached hydrogens (tertiary/aromatic N) is 1. The molecule has 0 spiro atoms. The number of esters is 1. The second-order valence-corrected chi connectivity index (χ2v) is 3.87. The van der Waals surface area contributed by atoms with Gasteiger partial charge in [0.25, 0.3) is 6.43 Å². The summed E-state index contributed by atoms with van der Waals surface area (Å²) in [4.78, 5) is 14.8. The Bertz CT molecular complexity index is 412. The van der Waals surface area contributed by atoms with Gasteiger partial charge in [-0.15, -0.1) is 0 Å². The average molecular weight is 343 g/mol. The van der Waals surface area contributed by atoms with Crippen LogP contribution in [0.25, 0.3) is 0 Å². The molecule has 4 nitrogen and oxygen atoms in total. The van der Waals surface area contributed by atoms with Crippen LogP contribution in [0.3, 0.4) is 0 Å². The number of methoxy groups -OCH3 is 2. The maximum atomic E-state index is 12.5. The third-order valence-corrected chi connectivity index (χ3v) is 2.56. The number of aromatic nitrogens is 1. The van der Waals surface area contributed by atoms with E-state index >= 15 is 0 Å². The van der Waals surface area contributed by atoms with Gasteiger partial charge in [-0.25, -0.2) is 18.6 Å². The molecule has 1 aromatic heterocycles. The van der Waals surface area contributed by atoms with Gasteiger partial charge in [-0.3, -0.25) is 0 Å². The summed E-state index contributed by atoms with van der Waals surface area (Å²) < 4.78 is 34.7. The van der Waals surface area contributed by atoms with Crippen molar-refractivity contribution in [2.45, 2.75) is 6.43 Å². The Balaban J connectivity index is 3.36. The summed E-state index contributed by atoms with van der Waals surface area (Å²) in [5, 5.41) is 0. The van der Waals surface area contributed by atoms with Gasteiger partial charge >= 0.3 is 5.97 Å². The summed E-state index contributed by atoms with van der Waals surface area (Å²) in [6.45, 7) is 0. The summed E-state index contributed by atoms with van der Waals surface area (Å²) in [5.41, 5.74) is -0.724. The van der Waals surface area contributed by atoms with Gasteiger partial charge in [0.15, 0.2) is 11.4 Å². The molecule has 88 valence electrons. The fourth-order valence-electron chi connectivity index (χ4n) is 1.06. The number of rotatable bonds is 3. The normalized spacial score (nSPS) is 10.4. The maximum absolute atomic E-state index is 12.5. The van der Waals surface area contributed by atoms with Crippen LogP contribution >= 0.6 is 22.6 Å². The smallest absolute Gasteiger partial charge is 0.360 e. The molecule has 0 aliphatic rings. The zero-order valence-corrected chi connectivity index (χ0v) is 10.6. The monoisotopic (exact) mass is 343 g/mol. The van der Waals surface area contributed by atoms with Crippen LogP contribution in [-0.2, 0) is 4.74 Å². The van der Waals surface area contributed by atoms with Gasteiger partial charge in [-0.05, 0) is 28.7 Å². The van der Waals surface area contributed by atoms with Gasteiger partial charge in [0.05, 0.1) is 17.8 Å². The Labute approximate surface area is 104 Å². The van der Waals surface area contributed by atoms with Crippen molar-refractivity contribution in [1.29, 1.82) is 0 Å². The van der Waals surface area contributed by atoms with Gasteiger partial charge in [-0.1, -0.05) is 0 Å².